The van der Waals surface area contributed by atoms with Crippen LogP contribution in [0.15, 0.2) is 23.9 Å². The lowest BCUT2D eigenvalue weighted by Crippen LogP contribution is -2.37. The summed E-state index contributed by atoms with van der Waals surface area (Å²) in [5.74, 6) is -0.644. The highest BCUT2D eigenvalue weighted by Gasteiger charge is 2.22. The van der Waals surface area contributed by atoms with Gasteiger partial charge in [0.15, 0.2) is 0 Å². The Labute approximate surface area is 75.4 Å². The average Bonchev–Trinajstić information content (AvgIpc) is 2.16. The molecule has 5 heteroatoms. The summed E-state index contributed by atoms with van der Waals surface area (Å²) in [5.41, 5.74) is 5.21. The smallest absolute Gasteiger partial charge is 0.414 e. The highest BCUT2D eigenvalue weighted by Crippen LogP contribution is 2.10. The van der Waals surface area contributed by atoms with Crippen molar-refractivity contribution in [3.63, 3.8) is 0 Å². The fourth-order valence-electron chi connectivity index (χ4n) is 1.01. The summed E-state index contributed by atoms with van der Waals surface area (Å²) >= 11 is 0. The fourth-order valence-corrected chi connectivity index (χ4v) is 1.01. The van der Waals surface area contributed by atoms with Gasteiger partial charge < -0.3 is 10.5 Å². The third-order valence-corrected chi connectivity index (χ3v) is 1.62. The summed E-state index contributed by atoms with van der Waals surface area (Å²) < 4.78 is 4.47. The quantitative estimate of drug-likeness (QED) is 0.620. The molecule has 2 N–H and O–H groups in total. The maximum Gasteiger partial charge on any atom is 0.414 e. The van der Waals surface area contributed by atoms with E-state index in [2.05, 4.69) is 4.74 Å². The molecule has 70 valence electrons. The van der Waals surface area contributed by atoms with Crippen LogP contribution in [0.5, 0.6) is 0 Å². The molecule has 1 heterocycles. The van der Waals surface area contributed by atoms with Crippen molar-refractivity contribution in [3.8, 4) is 0 Å². The van der Waals surface area contributed by atoms with E-state index in [-0.39, 0.29) is 5.70 Å². The fraction of sp³-hybridized carbons (Fsp3) is 0.250. The highest BCUT2D eigenvalue weighted by atomic mass is 16.5. The lowest BCUT2D eigenvalue weighted by atomic mass is 10.2. The number of carbonyl (C=O) groups excluding carboxylic acids is 2. The van der Waals surface area contributed by atoms with Gasteiger partial charge in [0.05, 0.1) is 7.11 Å². The molecule has 0 aromatic carbocycles. The predicted molar refractivity (Wildman–Crippen MR) is 45.5 cm³/mol. The first-order valence-corrected chi connectivity index (χ1v) is 3.69. The van der Waals surface area contributed by atoms with Crippen molar-refractivity contribution in [1.82, 2.24) is 4.90 Å². The van der Waals surface area contributed by atoms with Gasteiger partial charge in [0.1, 0.15) is 5.70 Å². The minimum absolute atomic E-state index is 0.148. The van der Waals surface area contributed by atoms with Crippen molar-refractivity contribution in [2.75, 3.05) is 13.7 Å². The molecule has 1 rings (SSSR count). The molecule has 0 saturated heterocycles. The number of methoxy groups -OCH3 is 1. The largest absolute Gasteiger partial charge is 0.452 e. The number of ether oxygens (including phenoxy) is 1. The molecule has 0 saturated carbocycles. The highest BCUT2D eigenvalue weighted by molar-refractivity contribution is 5.95. The first-order valence-electron chi connectivity index (χ1n) is 3.69. The van der Waals surface area contributed by atoms with Crippen molar-refractivity contribution >= 4 is 12.0 Å². The van der Waals surface area contributed by atoms with Gasteiger partial charge in [0, 0.05) is 6.54 Å². The second-order valence-electron chi connectivity index (χ2n) is 2.42. The van der Waals surface area contributed by atoms with Crippen LogP contribution in [-0.2, 0) is 9.53 Å². The number of primary amides is 1. The standard InChI is InChI=1S/C8H10N2O3/c1-13-8(12)10-5-3-2-4-6(10)7(9)11/h2-4H,5H2,1H3,(H2,9,11). The molecule has 0 bridgehead atoms. The predicted octanol–water partition coefficient (Wildman–Crippen LogP) is -0.00620. The van der Waals surface area contributed by atoms with Gasteiger partial charge in [0.2, 0.25) is 0 Å². The molecule has 13 heavy (non-hydrogen) atoms. The van der Waals surface area contributed by atoms with Gasteiger partial charge in [-0.25, -0.2) is 4.79 Å². The van der Waals surface area contributed by atoms with Gasteiger partial charge in [-0.1, -0.05) is 12.2 Å². The van der Waals surface area contributed by atoms with Crippen molar-refractivity contribution in [2.24, 2.45) is 5.73 Å². The zero-order chi connectivity index (χ0) is 9.84. The Morgan fingerprint density at radius 3 is 2.85 bits per heavy atom. The van der Waals surface area contributed by atoms with Crippen LogP contribution in [0.4, 0.5) is 4.79 Å². The SMILES string of the molecule is COC(=O)N1CC=CC=C1C(N)=O. The van der Waals surface area contributed by atoms with Gasteiger partial charge in [-0.2, -0.15) is 0 Å². The summed E-state index contributed by atoms with van der Waals surface area (Å²) in [7, 11) is 1.25. The Hall–Kier alpha value is -1.78. The van der Waals surface area contributed by atoms with E-state index >= 15 is 0 Å². The average molecular weight is 182 g/mol. The van der Waals surface area contributed by atoms with E-state index in [4.69, 9.17) is 5.73 Å². The second kappa shape index (κ2) is 3.75. The van der Waals surface area contributed by atoms with E-state index < -0.39 is 12.0 Å². The number of amides is 2. The number of carbonyl (C=O) groups is 2. The Bertz CT molecular complexity index is 294. The van der Waals surface area contributed by atoms with Crippen molar-refractivity contribution < 1.29 is 14.3 Å². The zero-order valence-corrected chi connectivity index (χ0v) is 7.19. The molecular weight excluding hydrogens is 172 g/mol. The van der Waals surface area contributed by atoms with E-state index in [1.807, 2.05) is 0 Å². The maximum absolute atomic E-state index is 11.1. The molecule has 0 aliphatic carbocycles. The molecule has 1 aliphatic rings. The molecular formula is C8H10N2O3. The monoisotopic (exact) mass is 182 g/mol. The first-order chi connectivity index (χ1) is 6.16. The lowest BCUT2D eigenvalue weighted by molar-refractivity contribution is -0.115. The van der Waals surface area contributed by atoms with Gasteiger partial charge in [-0.3, -0.25) is 9.69 Å². The number of nitrogens with zero attached hydrogens (tertiary/aromatic N) is 1. The maximum atomic E-state index is 11.1. The van der Waals surface area contributed by atoms with Crippen molar-refractivity contribution in [2.45, 2.75) is 0 Å². The number of allylic oxidation sites excluding steroid dienone is 2. The van der Waals surface area contributed by atoms with Crippen LogP contribution in [0.2, 0.25) is 0 Å². The van der Waals surface area contributed by atoms with E-state index in [9.17, 15) is 9.59 Å². The molecule has 2 amide bonds. The summed E-state index contributed by atoms with van der Waals surface area (Å²) in [5, 5.41) is 0. The molecule has 0 aromatic rings. The molecule has 0 fully saturated rings. The zero-order valence-electron chi connectivity index (χ0n) is 7.19. The van der Waals surface area contributed by atoms with Crippen LogP contribution in [0.3, 0.4) is 0 Å². The molecule has 1 aliphatic heterocycles. The van der Waals surface area contributed by atoms with Crippen LogP contribution in [-0.4, -0.2) is 30.6 Å². The Kier molecular flexibility index (Phi) is 2.69. The summed E-state index contributed by atoms with van der Waals surface area (Å²) in [6.07, 6.45) is 4.28. The number of hydrogen-bond donors (Lipinski definition) is 1. The van der Waals surface area contributed by atoms with Gasteiger partial charge in [-0.15, -0.1) is 0 Å². The normalized spacial score (nSPS) is 15.2. The topological polar surface area (TPSA) is 72.6 Å². The summed E-state index contributed by atoms with van der Waals surface area (Å²) in [6, 6.07) is 0. The summed E-state index contributed by atoms with van der Waals surface area (Å²) in [6.45, 7) is 0.307. The van der Waals surface area contributed by atoms with E-state index in [1.165, 1.54) is 18.1 Å². The third kappa shape index (κ3) is 1.87. The third-order valence-electron chi connectivity index (χ3n) is 1.62. The van der Waals surface area contributed by atoms with Gasteiger partial charge in [-0.05, 0) is 6.08 Å². The Balaban J connectivity index is 2.87. The first kappa shape index (κ1) is 9.31. The van der Waals surface area contributed by atoms with E-state index in [0.717, 1.165) is 0 Å². The molecule has 0 aromatic heterocycles. The van der Waals surface area contributed by atoms with Crippen LogP contribution in [0.25, 0.3) is 0 Å². The molecule has 0 spiro atoms. The van der Waals surface area contributed by atoms with Crippen LogP contribution < -0.4 is 5.73 Å². The molecule has 0 unspecified atom stereocenters. The number of nitrogens with two attached hydrogens (primary N) is 1. The minimum Gasteiger partial charge on any atom is -0.452 e. The van der Waals surface area contributed by atoms with Gasteiger partial charge >= 0.3 is 6.09 Å². The Morgan fingerprint density at radius 1 is 1.62 bits per heavy atom. The molecule has 0 radical (unpaired) electrons. The second-order valence-corrected chi connectivity index (χ2v) is 2.42. The van der Waals surface area contributed by atoms with E-state index in [0.29, 0.717) is 6.54 Å². The van der Waals surface area contributed by atoms with Crippen molar-refractivity contribution in [3.05, 3.63) is 23.9 Å². The van der Waals surface area contributed by atoms with Crippen molar-refractivity contribution in [1.29, 1.82) is 0 Å². The van der Waals surface area contributed by atoms with Crippen LogP contribution in [0, 0.1) is 0 Å². The summed E-state index contributed by atoms with van der Waals surface area (Å²) in [4.78, 5) is 23.1. The van der Waals surface area contributed by atoms with Crippen LogP contribution >= 0.6 is 0 Å². The molecule has 5 nitrogen and oxygen atoms in total. The number of hydrogen-bond acceptors (Lipinski definition) is 3. The lowest BCUT2D eigenvalue weighted by Gasteiger charge is -2.22. The van der Waals surface area contributed by atoms with E-state index in [1.54, 1.807) is 12.2 Å². The minimum atomic E-state index is -0.644. The van der Waals surface area contributed by atoms with Gasteiger partial charge in [0.25, 0.3) is 5.91 Å². The van der Waals surface area contributed by atoms with Crippen LogP contribution in [0.1, 0.15) is 0 Å². The Morgan fingerprint density at radius 2 is 2.31 bits per heavy atom. The number of rotatable bonds is 1. The molecule has 0 atom stereocenters.